The minimum atomic E-state index is -0.877. The third-order valence-electron chi connectivity index (χ3n) is 4.16. The maximum absolute atomic E-state index is 12.4. The van der Waals surface area contributed by atoms with Crippen LogP contribution in [0, 0.1) is 5.92 Å². The van der Waals surface area contributed by atoms with E-state index in [1.54, 1.807) is 4.90 Å². The maximum atomic E-state index is 12.4. The Morgan fingerprint density at radius 1 is 1.22 bits per heavy atom. The zero-order chi connectivity index (χ0) is 17.6. The molecule has 0 bridgehead atoms. The Balaban J connectivity index is 2.81. The van der Waals surface area contributed by atoms with E-state index in [1.807, 2.05) is 20.8 Å². The van der Waals surface area contributed by atoms with E-state index in [9.17, 15) is 9.59 Å². The second kappa shape index (κ2) is 8.64. The van der Waals surface area contributed by atoms with E-state index >= 15 is 0 Å². The summed E-state index contributed by atoms with van der Waals surface area (Å²) in [7, 11) is 2.88. The molecule has 0 spiro atoms. The number of rotatable bonds is 6. The number of hydrogen-bond donors (Lipinski definition) is 0. The van der Waals surface area contributed by atoms with Crippen molar-refractivity contribution in [3.05, 3.63) is 0 Å². The Kier molecular flexibility index (Phi) is 7.48. The molecule has 1 fully saturated rings. The molecule has 0 aromatic rings. The fourth-order valence-electron chi connectivity index (χ4n) is 2.95. The number of ether oxygens (including phenoxy) is 3. The number of carbonyl (C=O) groups excluding carboxylic acids is 2. The lowest BCUT2D eigenvalue weighted by molar-refractivity contribution is -0.158. The van der Waals surface area contributed by atoms with Gasteiger partial charge in [-0.25, -0.2) is 4.79 Å². The van der Waals surface area contributed by atoms with E-state index in [0.29, 0.717) is 12.5 Å². The Hall–Kier alpha value is -1.14. The first-order valence-corrected chi connectivity index (χ1v) is 8.29. The zero-order valence-corrected chi connectivity index (χ0v) is 15.3. The number of hydrogen-bond acceptors (Lipinski definition) is 5. The summed E-state index contributed by atoms with van der Waals surface area (Å²) in [5.74, 6) is 0.375. The van der Waals surface area contributed by atoms with Crippen LogP contribution in [0.3, 0.4) is 0 Å². The second-order valence-corrected chi connectivity index (χ2v) is 7.10. The van der Waals surface area contributed by atoms with Crippen molar-refractivity contribution in [1.82, 2.24) is 4.90 Å². The molecule has 0 radical (unpaired) electrons. The van der Waals surface area contributed by atoms with E-state index in [0.717, 1.165) is 19.3 Å². The number of likely N-dealkylation sites (tertiary alicyclic amines) is 1. The largest absolute Gasteiger partial charge is 0.444 e. The van der Waals surface area contributed by atoms with E-state index in [-0.39, 0.29) is 24.3 Å². The van der Waals surface area contributed by atoms with E-state index < -0.39 is 11.9 Å². The maximum Gasteiger partial charge on any atom is 0.410 e. The van der Waals surface area contributed by atoms with Gasteiger partial charge in [0.05, 0.1) is 0 Å². The Labute approximate surface area is 139 Å². The average molecular weight is 329 g/mol. The van der Waals surface area contributed by atoms with Crippen LogP contribution in [0.2, 0.25) is 0 Å². The molecule has 0 N–H and O–H groups in total. The minimum absolute atomic E-state index is 0.148. The summed E-state index contributed by atoms with van der Waals surface area (Å²) < 4.78 is 15.5. The number of piperidine rings is 1. The summed E-state index contributed by atoms with van der Waals surface area (Å²) in [5.41, 5.74) is -0.547. The van der Waals surface area contributed by atoms with Crippen LogP contribution in [-0.4, -0.2) is 55.5 Å². The second-order valence-electron chi connectivity index (χ2n) is 7.10. The monoisotopic (exact) mass is 329 g/mol. The minimum Gasteiger partial charge on any atom is -0.444 e. The Morgan fingerprint density at radius 3 is 2.30 bits per heavy atom. The number of carbonyl (C=O) groups is 2. The molecule has 0 saturated carbocycles. The first kappa shape index (κ1) is 19.9. The first-order chi connectivity index (χ1) is 10.7. The smallest absolute Gasteiger partial charge is 0.410 e. The summed E-state index contributed by atoms with van der Waals surface area (Å²) in [5, 5.41) is 0. The van der Waals surface area contributed by atoms with Crippen LogP contribution in [0.15, 0.2) is 0 Å². The van der Waals surface area contributed by atoms with Gasteiger partial charge in [-0.3, -0.25) is 4.79 Å². The lowest BCUT2D eigenvalue weighted by atomic mass is 9.87. The van der Waals surface area contributed by atoms with Crippen molar-refractivity contribution < 1.29 is 23.8 Å². The number of Topliss-reactive ketones (excluding diaryl/α,β-unsaturated/α-hetero) is 1. The molecular weight excluding hydrogens is 298 g/mol. The molecule has 1 heterocycles. The lowest BCUT2D eigenvalue weighted by Gasteiger charge is -2.39. The van der Waals surface area contributed by atoms with Gasteiger partial charge in [0.15, 0.2) is 5.78 Å². The van der Waals surface area contributed by atoms with Crippen molar-refractivity contribution in [1.29, 1.82) is 0 Å². The van der Waals surface area contributed by atoms with Gasteiger partial charge in [-0.2, -0.15) is 0 Å². The molecule has 0 aliphatic carbocycles. The Morgan fingerprint density at radius 2 is 1.83 bits per heavy atom. The van der Waals surface area contributed by atoms with Crippen molar-refractivity contribution in [3.63, 3.8) is 0 Å². The van der Waals surface area contributed by atoms with Crippen molar-refractivity contribution >= 4 is 11.9 Å². The predicted molar refractivity (Wildman–Crippen MR) is 87.2 cm³/mol. The van der Waals surface area contributed by atoms with Crippen LogP contribution in [0.4, 0.5) is 4.79 Å². The number of methoxy groups -OCH3 is 2. The van der Waals surface area contributed by atoms with Crippen molar-refractivity contribution in [3.8, 4) is 0 Å². The summed E-state index contributed by atoms with van der Waals surface area (Å²) in [6.45, 7) is 8.29. The summed E-state index contributed by atoms with van der Waals surface area (Å²) in [6.07, 6.45) is 1.79. The van der Waals surface area contributed by atoms with Crippen molar-refractivity contribution in [2.24, 2.45) is 5.92 Å². The summed E-state index contributed by atoms with van der Waals surface area (Å²) in [4.78, 5) is 26.4. The molecule has 1 aliphatic heterocycles. The number of nitrogens with zero attached hydrogens (tertiary/aromatic N) is 1. The SMILES string of the molecule is CCC1CCN(C(=O)OC(C)(C)C)C(CC(=O)C(OC)OC)C1. The van der Waals surface area contributed by atoms with Crippen LogP contribution < -0.4 is 0 Å². The average Bonchev–Trinajstić information content (AvgIpc) is 2.46. The van der Waals surface area contributed by atoms with E-state index in [4.69, 9.17) is 14.2 Å². The van der Waals surface area contributed by atoms with E-state index in [1.165, 1.54) is 14.2 Å². The molecule has 2 atom stereocenters. The molecule has 2 unspecified atom stereocenters. The van der Waals surface area contributed by atoms with Gasteiger partial charge in [0.2, 0.25) is 6.29 Å². The lowest BCUT2D eigenvalue weighted by Crippen LogP contribution is -2.49. The van der Waals surface area contributed by atoms with Crippen LogP contribution in [0.25, 0.3) is 0 Å². The highest BCUT2D eigenvalue weighted by Gasteiger charge is 2.36. The molecular formula is C17H31NO5. The fourth-order valence-corrected chi connectivity index (χ4v) is 2.95. The van der Waals surface area contributed by atoms with Crippen LogP contribution in [0.5, 0.6) is 0 Å². The van der Waals surface area contributed by atoms with Gasteiger partial charge in [0, 0.05) is 33.2 Å². The molecule has 1 amide bonds. The first-order valence-electron chi connectivity index (χ1n) is 8.29. The molecule has 6 heteroatoms. The molecule has 1 aliphatic rings. The highest BCUT2D eigenvalue weighted by molar-refractivity contribution is 5.83. The van der Waals surface area contributed by atoms with E-state index in [2.05, 4.69) is 6.92 Å². The third-order valence-corrected chi connectivity index (χ3v) is 4.16. The van der Waals surface area contributed by atoms with Gasteiger partial charge in [-0.05, 0) is 39.5 Å². The fraction of sp³-hybridized carbons (Fsp3) is 0.882. The van der Waals surface area contributed by atoms with Gasteiger partial charge in [0.1, 0.15) is 5.60 Å². The normalized spacial score (nSPS) is 22.3. The quantitative estimate of drug-likeness (QED) is 0.701. The highest BCUT2D eigenvalue weighted by Crippen LogP contribution is 2.29. The molecule has 6 nitrogen and oxygen atoms in total. The van der Waals surface area contributed by atoms with Gasteiger partial charge >= 0.3 is 6.09 Å². The molecule has 0 aromatic heterocycles. The number of amides is 1. The van der Waals surface area contributed by atoms with Crippen LogP contribution >= 0.6 is 0 Å². The standard InChI is InChI=1S/C17H31NO5/c1-7-12-8-9-18(16(20)23-17(2,3)4)13(10-12)11-14(19)15(21-5)22-6/h12-13,15H,7-11H2,1-6H3. The predicted octanol–water partition coefficient (Wildman–Crippen LogP) is 2.99. The molecule has 1 rings (SSSR count). The van der Waals surface area contributed by atoms with Gasteiger partial charge in [-0.15, -0.1) is 0 Å². The molecule has 134 valence electrons. The third kappa shape index (κ3) is 6.11. The summed E-state index contributed by atoms with van der Waals surface area (Å²) >= 11 is 0. The van der Waals surface area contributed by atoms with Gasteiger partial charge in [-0.1, -0.05) is 13.3 Å². The molecule has 1 saturated heterocycles. The Bertz CT molecular complexity index is 400. The van der Waals surface area contributed by atoms with Crippen molar-refractivity contribution in [2.75, 3.05) is 20.8 Å². The van der Waals surface area contributed by atoms with Gasteiger partial charge in [0.25, 0.3) is 0 Å². The van der Waals surface area contributed by atoms with Crippen molar-refractivity contribution in [2.45, 2.75) is 71.3 Å². The molecule has 23 heavy (non-hydrogen) atoms. The summed E-state index contributed by atoms with van der Waals surface area (Å²) in [6, 6.07) is -0.163. The van der Waals surface area contributed by atoms with Crippen LogP contribution in [-0.2, 0) is 19.0 Å². The topological polar surface area (TPSA) is 65.1 Å². The molecule has 0 aromatic carbocycles. The highest BCUT2D eigenvalue weighted by atomic mass is 16.7. The van der Waals surface area contributed by atoms with Gasteiger partial charge < -0.3 is 19.1 Å². The number of ketones is 1. The zero-order valence-electron chi connectivity index (χ0n) is 15.3. The van der Waals surface area contributed by atoms with Crippen LogP contribution in [0.1, 0.15) is 53.4 Å².